The molecule has 0 unspecified atom stereocenters. The fourth-order valence-electron chi connectivity index (χ4n) is 3.83. The average Bonchev–Trinajstić information content (AvgIpc) is 2.61. The highest BCUT2D eigenvalue weighted by Gasteiger charge is 2.32. The Balaban J connectivity index is 0.00000225. The molecule has 3 rings (SSSR count). The maximum Gasteiger partial charge on any atom is 0.227 e. The van der Waals surface area contributed by atoms with Crippen molar-refractivity contribution < 1.29 is 14.3 Å². The maximum atomic E-state index is 12.8. The van der Waals surface area contributed by atoms with Gasteiger partial charge in [-0.05, 0) is 44.6 Å². The van der Waals surface area contributed by atoms with Crippen molar-refractivity contribution in [1.82, 2.24) is 9.80 Å². The molecule has 1 saturated carbocycles. The van der Waals surface area contributed by atoms with Crippen LogP contribution in [0.25, 0.3) is 0 Å². The first-order valence-electron chi connectivity index (χ1n) is 8.87. The summed E-state index contributed by atoms with van der Waals surface area (Å²) >= 11 is 0. The highest BCUT2D eigenvalue weighted by molar-refractivity contribution is 5.85. The molecule has 6 heteroatoms. The minimum Gasteiger partial charge on any atom is -0.486 e. The second kappa shape index (κ2) is 8.77. The van der Waals surface area contributed by atoms with Crippen LogP contribution in [0.2, 0.25) is 0 Å². The molecule has 1 amide bonds. The number of hydrogen-bond donors (Lipinski definition) is 0. The Labute approximate surface area is 156 Å². The van der Waals surface area contributed by atoms with Gasteiger partial charge in [0.2, 0.25) is 5.91 Å². The number of rotatable bonds is 4. The molecule has 0 saturated heterocycles. The van der Waals surface area contributed by atoms with Gasteiger partial charge in [0.25, 0.3) is 0 Å². The highest BCUT2D eigenvalue weighted by atomic mass is 35.5. The van der Waals surface area contributed by atoms with Crippen LogP contribution in [0.4, 0.5) is 0 Å². The molecule has 2 aliphatic rings. The normalized spacial score (nSPS) is 22.2. The zero-order valence-corrected chi connectivity index (χ0v) is 16.2. The summed E-state index contributed by atoms with van der Waals surface area (Å²) in [6.07, 6.45) is 5.12. The largest absolute Gasteiger partial charge is 0.486 e. The second-order valence-corrected chi connectivity index (χ2v) is 7.04. The molecule has 0 aromatic heterocycles. The molecule has 1 aliphatic carbocycles. The lowest BCUT2D eigenvalue weighted by Gasteiger charge is -2.41. The number of carbonyl (C=O) groups excluding carboxylic acids is 1. The summed E-state index contributed by atoms with van der Waals surface area (Å²) < 4.78 is 11.2. The van der Waals surface area contributed by atoms with Crippen molar-refractivity contribution in [2.24, 2.45) is 0 Å². The quantitative estimate of drug-likeness (QED) is 0.819. The fraction of sp³-hybridized carbons (Fsp3) is 0.632. The van der Waals surface area contributed by atoms with E-state index in [0.717, 1.165) is 23.5 Å². The molecule has 1 fully saturated rings. The van der Waals surface area contributed by atoms with Crippen LogP contribution in [0.5, 0.6) is 11.5 Å². The second-order valence-electron chi connectivity index (χ2n) is 7.04. The first-order valence-corrected chi connectivity index (χ1v) is 8.87. The number of likely N-dealkylation sites (N-methyl/N-ethyl adjacent to an activating group) is 2. The molecule has 0 radical (unpaired) electrons. The van der Waals surface area contributed by atoms with E-state index in [1.807, 2.05) is 30.1 Å². The van der Waals surface area contributed by atoms with E-state index in [2.05, 4.69) is 19.0 Å². The van der Waals surface area contributed by atoms with Crippen molar-refractivity contribution in [3.8, 4) is 11.5 Å². The standard InChI is InChI=1S/C19H28N2O3.ClH/c1-20(2)15-6-4-5-7-16(15)21(3)19(22)13-14-8-9-17-18(12-14)24-11-10-23-17;/h8-9,12,15-16H,4-7,10-11,13H2,1-3H3;1H/t15-,16-;/m1./s1. The molecule has 0 spiro atoms. The van der Waals surface area contributed by atoms with Gasteiger partial charge in [-0.25, -0.2) is 0 Å². The van der Waals surface area contributed by atoms with Crippen LogP contribution in [-0.2, 0) is 11.2 Å². The Morgan fingerprint density at radius 2 is 1.68 bits per heavy atom. The first-order chi connectivity index (χ1) is 11.6. The van der Waals surface area contributed by atoms with Crippen LogP contribution >= 0.6 is 12.4 Å². The monoisotopic (exact) mass is 368 g/mol. The Morgan fingerprint density at radius 1 is 1.04 bits per heavy atom. The Morgan fingerprint density at radius 3 is 2.36 bits per heavy atom. The van der Waals surface area contributed by atoms with Gasteiger partial charge in [-0.3, -0.25) is 4.79 Å². The Hall–Kier alpha value is -1.46. The lowest BCUT2D eigenvalue weighted by molar-refractivity contribution is -0.133. The van der Waals surface area contributed by atoms with Crippen molar-refractivity contribution in [3.63, 3.8) is 0 Å². The Kier molecular flexibility index (Phi) is 6.96. The predicted molar refractivity (Wildman–Crippen MR) is 101 cm³/mol. The van der Waals surface area contributed by atoms with Crippen molar-refractivity contribution in [2.75, 3.05) is 34.4 Å². The van der Waals surface area contributed by atoms with Crippen molar-refractivity contribution in [1.29, 1.82) is 0 Å². The van der Waals surface area contributed by atoms with E-state index >= 15 is 0 Å². The molecule has 25 heavy (non-hydrogen) atoms. The summed E-state index contributed by atoms with van der Waals surface area (Å²) in [6, 6.07) is 6.56. The van der Waals surface area contributed by atoms with Crippen molar-refractivity contribution in [3.05, 3.63) is 23.8 Å². The average molecular weight is 369 g/mol. The molecule has 0 bridgehead atoms. The fourth-order valence-corrected chi connectivity index (χ4v) is 3.83. The third kappa shape index (κ3) is 4.59. The number of hydrogen-bond acceptors (Lipinski definition) is 4. The van der Waals surface area contributed by atoms with Gasteiger partial charge in [-0.15, -0.1) is 12.4 Å². The molecular formula is C19H29ClN2O3. The van der Waals surface area contributed by atoms with E-state index in [-0.39, 0.29) is 18.3 Å². The highest BCUT2D eigenvalue weighted by Crippen LogP contribution is 2.31. The number of carbonyl (C=O) groups is 1. The molecule has 0 N–H and O–H groups in total. The van der Waals surface area contributed by atoms with Crippen molar-refractivity contribution >= 4 is 18.3 Å². The van der Waals surface area contributed by atoms with Gasteiger partial charge < -0.3 is 19.3 Å². The SMILES string of the molecule is CN(C)[C@@H]1CCCC[C@H]1N(C)C(=O)Cc1ccc2c(c1)OCCO2.Cl. The van der Waals surface area contributed by atoms with Gasteiger partial charge in [0.15, 0.2) is 11.5 Å². The minimum atomic E-state index is 0. The smallest absolute Gasteiger partial charge is 0.227 e. The van der Waals surface area contributed by atoms with Crippen LogP contribution in [0.1, 0.15) is 31.2 Å². The van der Waals surface area contributed by atoms with Gasteiger partial charge in [-0.1, -0.05) is 18.9 Å². The topological polar surface area (TPSA) is 42.0 Å². The number of fused-ring (bicyclic) bond motifs is 1. The van der Waals surface area contributed by atoms with E-state index < -0.39 is 0 Å². The van der Waals surface area contributed by atoms with Gasteiger partial charge in [-0.2, -0.15) is 0 Å². The third-order valence-corrected chi connectivity index (χ3v) is 5.21. The lowest BCUT2D eigenvalue weighted by atomic mass is 9.88. The van der Waals surface area contributed by atoms with E-state index in [4.69, 9.17) is 9.47 Å². The number of amides is 1. The van der Waals surface area contributed by atoms with Gasteiger partial charge in [0, 0.05) is 19.1 Å². The zero-order valence-electron chi connectivity index (χ0n) is 15.4. The molecule has 1 aromatic carbocycles. The van der Waals surface area contributed by atoms with Gasteiger partial charge in [0.05, 0.1) is 6.42 Å². The summed E-state index contributed by atoms with van der Waals surface area (Å²) in [5.74, 6) is 1.69. The number of halogens is 1. The molecule has 5 nitrogen and oxygen atoms in total. The molecule has 1 heterocycles. The van der Waals surface area contributed by atoms with E-state index in [0.29, 0.717) is 31.7 Å². The number of nitrogens with zero attached hydrogens (tertiary/aromatic N) is 2. The van der Waals surface area contributed by atoms with E-state index in [1.165, 1.54) is 19.3 Å². The summed E-state index contributed by atoms with van der Waals surface area (Å²) in [5, 5.41) is 0. The Bertz CT molecular complexity index is 594. The van der Waals surface area contributed by atoms with Gasteiger partial charge in [0.1, 0.15) is 13.2 Å². The third-order valence-electron chi connectivity index (χ3n) is 5.21. The number of ether oxygens (including phenoxy) is 2. The summed E-state index contributed by atoms with van der Waals surface area (Å²) in [7, 11) is 6.18. The summed E-state index contributed by atoms with van der Waals surface area (Å²) in [4.78, 5) is 17.0. The van der Waals surface area contributed by atoms with E-state index in [1.54, 1.807) is 0 Å². The zero-order chi connectivity index (χ0) is 17.1. The molecule has 1 aliphatic heterocycles. The minimum absolute atomic E-state index is 0. The van der Waals surface area contributed by atoms with Crippen LogP contribution in [0, 0.1) is 0 Å². The van der Waals surface area contributed by atoms with Crippen LogP contribution in [0.3, 0.4) is 0 Å². The van der Waals surface area contributed by atoms with E-state index in [9.17, 15) is 4.79 Å². The molecular weight excluding hydrogens is 340 g/mol. The number of benzene rings is 1. The van der Waals surface area contributed by atoms with Crippen LogP contribution < -0.4 is 9.47 Å². The molecule has 2 atom stereocenters. The predicted octanol–water partition coefficient (Wildman–Crippen LogP) is 2.75. The lowest BCUT2D eigenvalue weighted by Crippen LogP contribution is -2.52. The van der Waals surface area contributed by atoms with Gasteiger partial charge >= 0.3 is 0 Å². The van der Waals surface area contributed by atoms with Crippen LogP contribution in [-0.4, -0.2) is 62.1 Å². The summed E-state index contributed by atoms with van der Waals surface area (Å²) in [6.45, 7) is 1.15. The summed E-state index contributed by atoms with van der Waals surface area (Å²) in [5.41, 5.74) is 0.980. The molecule has 1 aromatic rings. The van der Waals surface area contributed by atoms with Crippen LogP contribution in [0.15, 0.2) is 18.2 Å². The molecule has 140 valence electrons. The first kappa shape index (κ1) is 19.9. The maximum absolute atomic E-state index is 12.8. The van der Waals surface area contributed by atoms with Crippen molar-refractivity contribution in [2.45, 2.75) is 44.2 Å².